The van der Waals surface area contributed by atoms with Gasteiger partial charge in [0.15, 0.2) is 0 Å². The van der Waals surface area contributed by atoms with Gasteiger partial charge in [0, 0.05) is 25.8 Å². The van der Waals surface area contributed by atoms with Crippen LogP contribution >= 0.6 is 11.8 Å². The van der Waals surface area contributed by atoms with Gasteiger partial charge in [0.25, 0.3) is 0 Å². The Labute approximate surface area is 129 Å². The largest absolute Gasteiger partial charge is 0.480 e. The first-order valence-corrected chi connectivity index (χ1v) is 9.73. The smallest absolute Gasteiger partial charge is 0.327 e. The van der Waals surface area contributed by atoms with Crippen molar-refractivity contribution in [3.63, 3.8) is 0 Å². The fraction of sp³-hybridized carbons (Fsp3) is 0.833. The molecule has 1 fully saturated rings. The zero-order valence-corrected chi connectivity index (χ0v) is 13.9. The van der Waals surface area contributed by atoms with Crippen LogP contribution in [0.15, 0.2) is 0 Å². The van der Waals surface area contributed by atoms with E-state index in [0.717, 1.165) is 12.8 Å². The van der Waals surface area contributed by atoms with Crippen LogP contribution < -0.4 is 5.32 Å². The van der Waals surface area contributed by atoms with Crippen LogP contribution in [0, 0.1) is 5.92 Å². The van der Waals surface area contributed by atoms with E-state index >= 15 is 0 Å². The number of carbonyl (C=O) groups is 2. The van der Waals surface area contributed by atoms with Crippen molar-refractivity contribution in [3.05, 3.63) is 0 Å². The van der Waals surface area contributed by atoms with Crippen molar-refractivity contribution in [1.82, 2.24) is 9.62 Å². The van der Waals surface area contributed by atoms with Gasteiger partial charge in [0.2, 0.25) is 15.9 Å². The number of carboxylic acids is 1. The number of aliphatic carboxylic acids is 1. The van der Waals surface area contributed by atoms with Crippen molar-refractivity contribution in [2.45, 2.75) is 25.8 Å². The molecule has 0 spiro atoms. The molecule has 1 aliphatic heterocycles. The number of sulfonamides is 1. The minimum Gasteiger partial charge on any atom is -0.480 e. The Kier molecular flexibility index (Phi) is 6.95. The number of nitrogens with zero attached hydrogens (tertiary/aromatic N) is 1. The van der Waals surface area contributed by atoms with E-state index in [0.29, 0.717) is 18.8 Å². The van der Waals surface area contributed by atoms with Crippen molar-refractivity contribution < 1.29 is 23.1 Å². The minimum absolute atomic E-state index is 0.227. The van der Waals surface area contributed by atoms with E-state index < -0.39 is 22.0 Å². The molecule has 2 atom stereocenters. The Bertz CT molecular complexity index is 480. The van der Waals surface area contributed by atoms with Crippen LogP contribution in [0.2, 0.25) is 0 Å². The molecule has 0 bridgehead atoms. The molecule has 7 nitrogen and oxygen atoms in total. The molecular weight excluding hydrogens is 316 g/mol. The third-order valence-electron chi connectivity index (χ3n) is 3.26. The number of carboxylic acid groups (broad SMARTS) is 1. The molecule has 2 unspecified atom stereocenters. The molecule has 9 heteroatoms. The van der Waals surface area contributed by atoms with Crippen molar-refractivity contribution in [2.75, 3.05) is 30.9 Å². The monoisotopic (exact) mass is 338 g/mol. The summed E-state index contributed by atoms with van der Waals surface area (Å²) in [5, 5.41) is 11.4. The molecule has 21 heavy (non-hydrogen) atoms. The number of carbonyl (C=O) groups excluding carboxylic acids is 1. The van der Waals surface area contributed by atoms with Gasteiger partial charge in [0.1, 0.15) is 6.04 Å². The predicted molar refractivity (Wildman–Crippen MR) is 81.7 cm³/mol. The summed E-state index contributed by atoms with van der Waals surface area (Å²) in [5.74, 6) is -0.229. The lowest BCUT2D eigenvalue weighted by atomic mass is 10.0. The summed E-state index contributed by atoms with van der Waals surface area (Å²) in [5.41, 5.74) is 0. The second kappa shape index (κ2) is 8.00. The molecule has 0 aromatic heterocycles. The Morgan fingerprint density at radius 3 is 2.67 bits per heavy atom. The Morgan fingerprint density at radius 2 is 2.14 bits per heavy atom. The molecule has 1 saturated heterocycles. The molecule has 1 amide bonds. The lowest BCUT2D eigenvalue weighted by Gasteiger charge is -2.30. The maximum Gasteiger partial charge on any atom is 0.327 e. The quantitative estimate of drug-likeness (QED) is 0.676. The van der Waals surface area contributed by atoms with Gasteiger partial charge in [-0.1, -0.05) is 0 Å². The first-order valence-electron chi connectivity index (χ1n) is 6.73. The van der Waals surface area contributed by atoms with Crippen LogP contribution in [0.25, 0.3) is 0 Å². The molecule has 0 aliphatic carbocycles. The summed E-state index contributed by atoms with van der Waals surface area (Å²) in [6, 6.07) is -0.901. The van der Waals surface area contributed by atoms with Gasteiger partial charge in [0.05, 0.1) is 6.26 Å². The highest BCUT2D eigenvalue weighted by molar-refractivity contribution is 7.99. The molecule has 0 aromatic rings. The van der Waals surface area contributed by atoms with E-state index in [1.165, 1.54) is 29.2 Å². The average molecular weight is 338 g/mol. The number of thioether (sulfide) groups is 1. The number of hydrogen-bond acceptors (Lipinski definition) is 5. The van der Waals surface area contributed by atoms with Gasteiger partial charge < -0.3 is 10.4 Å². The first-order chi connectivity index (χ1) is 9.70. The lowest BCUT2D eigenvalue weighted by Crippen LogP contribution is -2.42. The normalized spacial score (nSPS) is 21.7. The second-order valence-corrected chi connectivity index (χ2v) is 8.32. The van der Waals surface area contributed by atoms with Gasteiger partial charge in [-0.25, -0.2) is 17.5 Å². The van der Waals surface area contributed by atoms with E-state index in [1.807, 2.05) is 0 Å². The summed E-state index contributed by atoms with van der Waals surface area (Å²) < 4.78 is 24.5. The van der Waals surface area contributed by atoms with Gasteiger partial charge in [-0.05, 0) is 24.5 Å². The van der Waals surface area contributed by atoms with Crippen molar-refractivity contribution in [3.8, 4) is 0 Å². The predicted octanol–water partition coefficient (Wildman–Crippen LogP) is -0.0195. The maximum absolute atomic E-state index is 11.5. The summed E-state index contributed by atoms with van der Waals surface area (Å²) in [4.78, 5) is 21.9. The van der Waals surface area contributed by atoms with Gasteiger partial charge in [-0.15, -0.1) is 0 Å². The van der Waals surface area contributed by atoms with Crippen LogP contribution in [0.5, 0.6) is 0 Å². The van der Waals surface area contributed by atoms with Crippen LogP contribution in [-0.2, 0) is 19.6 Å². The SMILES string of the molecule is CC(=O)NC(CSCC1CCCN(S(C)(=O)=O)C1)C(=O)O. The third kappa shape index (κ3) is 6.66. The topological polar surface area (TPSA) is 104 Å². The van der Waals surface area contributed by atoms with E-state index in [9.17, 15) is 18.0 Å². The number of piperidine rings is 1. The van der Waals surface area contributed by atoms with Crippen molar-refractivity contribution in [1.29, 1.82) is 0 Å². The fourth-order valence-corrected chi connectivity index (χ4v) is 4.38. The Balaban J connectivity index is 2.40. The highest BCUT2D eigenvalue weighted by Gasteiger charge is 2.26. The van der Waals surface area contributed by atoms with Crippen LogP contribution in [0.1, 0.15) is 19.8 Å². The first kappa shape index (κ1) is 18.2. The summed E-state index contributed by atoms with van der Waals surface area (Å²) in [6.07, 6.45) is 2.98. The molecule has 0 saturated carbocycles. The van der Waals surface area contributed by atoms with Crippen LogP contribution in [0.3, 0.4) is 0 Å². The summed E-state index contributed by atoms with van der Waals surface area (Å²) >= 11 is 1.43. The van der Waals surface area contributed by atoms with Crippen molar-refractivity contribution in [2.24, 2.45) is 5.92 Å². The van der Waals surface area contributed by atoms with Crippen LogP contribution in [0.4, 0.5) is 0 Å². The summed E-state index contributed by atoms with van der Waals surface area (Å²) in [6.45, 7) is 2.33. The van der Waals surface area contributed by atoms with E-state index in [1.54, 1.807) is 0 Å². The molecule has 122 valence electrons. The zero-order chi connectivity index (χ0) is 16.0. The molecule has 1 rings (SSSR count). The number of rotatable bonds is 7. The average Bonchev–Trinajstić information content (AvgIpc) is 2.36. The molecular formula is C12H22N2O5S2. The number of amides is 1. The fourth-order valence-electron chi connectivity index (χ4n) is 2.24. The Morgan fingerprint density at radius 1 is 1.48 bits per heavy atom. The van der Waals surface area contributed by atoms with Gasteiger partial charge in [-0.3, -0.25) is 4.79 Å². The zero-order valence-electron chi connectivity index (χ0n) is 12.2. The third-order valence-corrected chi connectivity index (χ3v) is 5.81. The Hall–Kier alpha value is -0.800. The van der Waals surface area contributed by atoms with Gasteiger partial charge >= 0.3 is 5.97 Å². The van der Waals surface area contributed by atoms with Gasteiger partial charge in [-0.2, -0.15) is 11.8 Å². The molecule has 2 N–H and O–H groups in total. The van der Waals surface area contributed by atoms with E-state index in [4.69, 9.17) is 5.11 Å². The number of nitrogens with one attached hydrogen (secondary N) is 1. The molecule has 1 heterocycles. The molecule has 0 radical (unpaired) electrons. The molecule has 1 aliphatic rings. The standard InChI is InChI=1S/C12H22N2O5S2/c1-9(15)13-11(12(16)17)8-20-7-10-4-3-5-14(6-10)21(2,18)19/h10-11H,3-8H2,1-2H3,(H,13,15)(H,16,17). The van der Waals surface area contributed by atoms with E-state index in [-0.39, 0.29) is 17.6 Å². The van der Waals surface area contributed by atoms with E-state index in [2.05, 4.69) is 5.32 Å². The maximum atomic E-state index is 11.5. The highest BCUT2D eigenvalue weighted by atomic mass is 32.2. The summed E-state index contributed by atoms with van der Waals surface area (Å²) in [7, 11) is -3.16. The molecule has 0 aromatic carbocycles. The lowest BCUT2D eigenvalue weighted by molar-refractivity contribution is -0.140. The highest BCUT2D eigenvalue weighted by Crippen LogP contribution is 2.22. The van der Waals surface area contributed by atoms with Crippen molar-refractivity contribution >= 4 is 33.7 Å². The second-order valence-electron chi connectivity index (χ2n) is 5.26. The number of hydrogen-bond donors (Lipinski definition) is 2. The van der Waals surface area contributed by atoms with Crippen LogP contribution in [-0.4, -0.2) is 66.6 Å². The minimum atomic E-state index is -3.16.